The fourth-order valence-electron chi connectivity index (χ4n) is 4.55. The molecule has 0 saturated carbocycles. The van der Waals surface area contributed by atoms with Gasteiger partial charge < -0.3 is 16.8 Å². The zero-order chi connectivity index (χ0) is 29.5. The summed E-state index contributed by atoms with van der Waals surface area (Å²) in [6.07, 6.45) is 0. The van der Waals surface area contributed by atoms with E-state index in [1.54, 1.807) is 32.0 Å². The maximum Gasteiger partial charge on any atom is 0.267 e. The molecule has 2 aromatic heterocycles. The van der Waals surface area contributed by atoms with Crippen LogP contribution in [0.5, 0.6) is 0 Å². The maximum atomic E-state index is 14.4. The van der Waals surface area contributed by atoms with Gasteiger partial charge in [-0.15, -0.1) is 0 Å². The van der Waals surface area contributed by atoms with Gasteiger partial charge in [0.1, 0.15) is 29.1 Å². The van der Waals surface area contributed by atoms with Gasteiger partial charge in [0, 0.05) is 0 Å². The molecule has 41 heavy (non-hydrogen) atoms. The maximum absolute atomic E-state index is 14.4. The van der Waals surface area contributed by atoms with Crippen LogP contribution in [0.1, 0.15) is 29.9 Å². The first-order valence-electron chi connectivity index (χ1n) is 12.2. The van der Waals surface area contributed by atoms with Crippen molar-refractivity contribution in [2.45, 2.75) is 29.7 Å². The summed E-state index contributed by atoms with van der Waals surface area (Å²) in [6, 6.07) is 17.1. The van der Waals surface area contributed by atoms with Crippen LogP contribution >= 0.6 is 0 Å². The number of nitrogens with zero attached hydrogens (tertiary/aromatic N) is 5. The molecule has 13 heteroatoms. The van der Waals surface area contributed by atoms with Crippen molar-refractivity contribution in [1.82, 2.24) is 19.5 Å². The normalized spacial score (nSPS) is 12.1. The molecular formula is C28H23FN8O3S. The van der Waals surface area contributed by atoms with E-state index in [2.05, 4.69) is 20.3 Å². The number of rotatable bonds is 6. The summed E-state index contributed by atoms with van der Waals surface area (Å²) in [5.74, 6) is -0.866. The minimum Gasteiger partial charge on any atom is -0.382 e. The smallest absolute Gasteiger partial charge is 0.267 e. The predicted molar refractivity (Wildman–Crippen MR) is 152 cm³/mol. The van der Waals surface area contributed by atoms with Gasteiger partial charge in [-0.2, -0.15) is 15.2 Å². The largest absolute Gasteiger partial charge is 0.382 e. The number of nitrogen functional groups attached to an aromatic ring is 2. The van der Waals surface area contributed by atoms with Crippen LogP contribution in [0.3, 0.4) is 0 Å². The zero-order valence-corrected chi connectivity index (χ0v) is 22.6. The standard InChI is InChI=1S/C28H23FN8O3S/c1-15-7-3-4-11-21(15)41(39,40)22-12-6-10-20-23(22)27(38)37(18-9-5-8-17(29)13-18)26(34-20)16(2)33-25-19(14-30)24(31)35-28(32)36-25/h3-13,16H,1-2H3,(H5,31,32,33,35,36)/t16-/m0/s1. The molecule has 0 amide bonds. The SMILES string of the molecule is Cc1ccccc1S(=O)(=O)c1cccc2nc([C@H](C)Nc3nc(N)nc(N)c3C#N)n(-c3cccc(F)c3)c(=O)c12. The highest BCUT2D eigenvalue weighted by Gasteiger charge is 2.27. The van der Waals surface area contributed by atoms with Crippen molar-refractivity contribution in [3.8, 4) is 11.8 Å². The average Bonchev–Trinajstić information content (AvgIpc) is 2.92. The van der Waals surface area contributed by atoms with Crippen molar-refractivity contribution >= 4 is 38.3 Å². The summed E-state index contributed by atoms with van der Waals surface area (Å²) in [7, 11) is -4.15. The number of nitrogens with two attached hydrogens (primary N) is 2. The molecule has 0 aliphatic carbocycles. The molecule has 11 nitrogen and oxygen atoms in total. The number of aromatic nitrogens is 4. The van der Waals surface area contributed by atoms with Crippen LogP contribution in [0.4, 0.5) is 22.0 Å². The number of nitrogens with one attached hydrogen (secondary N) is 1. The Labute approximate surface area is 233 Å². The predicted octanol–water partition coefficient (Wildman–Crippen LogP) is 3.67. The molecule has 5 N–H and O–H groups in total. The third-order valence-electron chi connectivity index (χ3n) is 6.43. The van der Waals surface area contributed by atoms with Crippen LogP contribution in [-0.2, 0) is 9.84 Å². The molecule has 0 saturated heterocycles. The summed E-state index contributed by atoms with van der Waals surface area (Å²) in [5.41, 5.74) is 11.5. The van der Waals surface area contributed by atoms with Gasteiger partial charge in [0.05, 0.1) is 32.4 Å². The molecule has 0 aliphatic rings. The van der Waals surface area contributed by atoms with E-state index in [0.717, 1.165) is 10.6 Å². The number of sulfone groups is 1. The van der Waals surface area contributed by atoms with Crippen LogP contribution in [0, 0.1) is 24.1 Å². The summed E-state index contributed by atoms with van der Waals surface area (Å²) in [5, 5.41) is 12.4. The van der Waals surface area contributed by atoms with E-state index in [1.807, 2.05) is 6.07 Å². The second kappa shape index (κ2) is 10.3. The number of benzene rings is 3. The molecule has 5 aromatic rings. The van der Waals surface area contributed by atoms with E-state index in [0.29, 0.717) is 5.56 Å². The quantitative estimate of drug-likeness (QED) is 0.272. The van der Waals surface area contributed by atoms with Crippen LogP contribution in [0.15, 0.2) is 81.3 Å². The van der Waals surface area contributed by atoms with Crippen LogP contribution in [-0.4, -0.2) is 27.9 Å². The molecule has 5 rings (SSSR count). The minimum absolute atomic E-state index is 0.000944. The number of anilines is 3. The molecule has 0 radical (unpaired) electrons. The number of hydrogen-bond acceptors (Lipinski definition) is 10. The average molecular weight is 571 g/mol. The van der Waals surface area contributed by atoms with E-state index in [1.165, 1.54) is 42.5 Å². The third kappa shape index (κ3) is 4.81. The Balaban J connectivity index is 1.79. The van der Waals surface area contributed by atoms with Crippen molar-refractivity contribution < 1.29 is 12.8 Å². The van der Waals surface area contributed by atoms with Gasteiger partial charge in [-0.25, -0.2) is 17.8 Å². The first-order chi connectivity index (χ1) is 19.5. The van der Waals surface area contributed by atoms with Gasteiger partial charge in [0.2, 0.25) is 15.8 Å². The molecule has 0 fully saturated rings. The van der Waals surface area contributed by atoms with Gasteiger partial charge in [0.15, 0.2) is 5.82 Å². The molecular weight excluding hydrogens is 547 g/mol. The Morgan fingerprint density at radius 3 is 2.41 bits per heavy atom. The van der Waals surface area contributed by atoms with Gasteiger partial charge in [-0.1, -0.05) is 30.3 Å². The Bertz CT molecular complexity index is 2050. The molecule has 0 spiro atoms. The van der Waals surface area contributed by atoms with Crippen molar-refractivity contribution in [3.63, 3.8) is 0 Å². The zero-order valence-electron chi connectivity index (χ0n) is 21.8. The molecule has 0 unspecified atom stereocenters. The number of hydrogen-bond donors (Lipinski definition) is 3. The van der Waals surface area contributed by atoms with Crippen LogP contribution in [0.25, 0.3) is 16.6 Å². The summed E-state index contributed by atoms with van der Waals surface area (Å²) in [6.45, 7) is 3.29. The van der Waals surface area contributed by atoms with Crippen molar-refractivity contribution in [2.75, 3.05) is 16.8 Å². The summed E-state index contributed by atoms with van der Waals surface area (Å²) >= 11 is 0. The molecule has 0 aliphatic heterocycles. The lowest BCUT2D eigenvalue weighted by atomic mass is 10.2. The number of fused-ring (bicyclic) bond motifs is 1. The highest BCUT2D eigenvalue weighted by molar-refractivity contribution is 7.91. The highest BCUT2D eigenvalue weighted by atomic mass is 32.2. The van der Waals surface area contributed by atoms with Crippen LogP contribution in [0.2, 0.25) is 0 Å². The minimum atomic E-state index is -4.15. The lowest BCUT2D eigenvalue weighted by molar-refractivity contribution is 0.596. The fourth-order valence-corrected chi connectivity index (χ4v) is 6.26. The molecule has 206 valence electrons. The van der Waals surface area contributed by atoms with Gasteiger partial charge in [-0.3, -0.25) is 9.36 Å². The lowest BCUT2D eigenvalue weighted by Crippen LogP contribution is -2.28. The lowest BCUT2D eigenvalue weighted by Gasteiger charge is -2.21. The van der Waals surface area contributed by atoms with Gasteiger partial charge in [0.25, 0.3) is 5.56 Å². The Kier molecular flexibility index (Phi) is 6.85. The Morgan fingerprint density at radius 2 is 1.71 bits per heavy atom. The summed E-state index contributed by atoms with van der Waals surface area (Å²) in [4.78, 5) is 26.5. The van der Waals surface area contributed by atoms with E-state index < -0.39 is 27.3 Å². The number of aryl methyl sites for hydroxylation is 1. The third-order valence-corrected chi connectivity index (χ3v) is 8.39. The van der Waals surface area contributed by atoms with Crippen molar-refractivity contribution in [3.05, 3.63) is 99.9 Å². The Hall–Kier alpha value is -5.35. The monoisotopic (exact) mass is 570 g/mol. The second-order valence-electron chi connectivity index (χ2n) is 9.18. The van der Waals surface area contributed by atoms with E-state index in [-0.39, 0.29) is 55.4 Å². The van der Waals surface area contributed by atoms with Crippen molar-refractivity contribution in [2.24, 2.45) is 0 Å². The fraction of sp³-hybridized carbons (Fsp3) is 0.107. The van der Waals surface area contributed by atoms with Gasteiger partial charge >= 0.3 is 0 Å². The Morgan fingerprint density at radius 1 is 1.00 bits per heavy atom. The highest BCUT2D eigenvalue weighted by Crippen LogP contribution is 2.30. The molecule has 0 bridgehead atoms. The molecule has 3 aromatic carbocycles. The molecule has 2 heterocycles. The summed E-state index contributed by atoms with van der Waals surface area (Å²) < 4.78 is 43.1. The van der Waals surface area contributed by atoms with Crippen molar-refractivity contribution in [1.29, 1.82) is 5.26 Å². The van der Waals surface area contributed by atoms with E-state index in [9.17, 15) is 22.9 Å². The second-order valence-corrected chi connectivity index (χ2v) is 11.1. The first kappa shape index (κ1) is 27.2. The number of halogens is 1. The molecule has 1 atom stereocenters. The first-order valence-corrected chi connectivity index (χ1v) is 13.7. The van der Waals surface area contributed by atoms with E-state index >= 15 is 0 Å². The van der Waals surface area contributed by atoms with Gasteiger partial charge in [-0.05, 0) is 55.8 Å². The topological polar surface area (TPSA) is 183 Å². The number of nitriles is 1. The van der Waals surface area contributed by atoms with E-state index in [4.69, 9.17) is 11.5 Å². The van der Waals surface area contributed by atoms with Crippen LogP contribution < -0.4 is 22.3 Å².